The minimum atomic E-state index is -1.09. The number of carbonyl (C=O) groups is 2. The molecule has 3 aromatic rings. The fourth-order valence-electron chi connectivity index (χ4n) is 2.98. The average molecular weight is 385 g/mol. The first-order valence-corrected chi connectivity index (χ1v) is 8.86. The molecule has 0 aliphatic carbocycles. The van der Waals surface area contributed by atoms with Crippen molar-refractivity contribution >= 4 is 17.6 Å². The number of rotatable bonds is 7. The molecule has 0 unspecified atom stereocenters. The number of nitrogens with zero attached hydrogens (tertiary/aromatic N) is 6. The van der Waals surface area contributed by atoms with E-state index in [9.17, 15) is 9.59 Å². The van der Waals surface area contributed by atoms with Crippen LogP contribution in [0.3, 0.4) is 0 Å². The third-order valence-corrected chi connectivity index (χ3v) is 4.44. The van der Waals surface area contributed by atoms with Gasteiger partial charge in [-0.2, -0.15) is 15.3 Å². The lowest BCUT2D eigenvalue weighted by Gasteiger charge is -2.08. The Morgan fingerprint density at radius 2 is 1.86 bits per heavy atom. The van der Waals surface area contributed by atoms with E-state index in [0.29, 0.717) is 12.4 Å². The summed E-state index contributed by atoms with van der Waals surface area (Å²) in [6, 6.07) is 3.40. The van der Waals surface area contributed by atoms with Crippen molar-refractivity contribution in [1.82, 2.24) is 29.3 Å². The number of nitrogens with one attached hydrogen (secondary N) is 1. The molecular formula is C18H23N7O3. The molecule has 0 aliphatic rings. The van der Waals surface area contributed by atoms with Crippen LogP contribution in [0, 0.1) is 27.7 Å². The van der Waals surface area contributed by atoms with Gasteiger partial charge in [0.05, 0.1) is 22.8 Å². The summed E-state index contributed by atoms with van der Waals surface area (Å²) in [6.45, 7) is 8.42. The van der Waals surface area contributed by atoms with Crippen LogP contribution in [0.1, 0.15) is 39.7 Å². The van der Waals surface area contributed by atoms with E-state index in [1.807, 2.05) is 38.4 Å². The lowest BCUT2D eigenvalue weighted by Crippen LogP contribution is -2.17. The van der Waals surface area contributed by atoms with Gasteiger partial charge in [-0.05, 0) is 39.8 Å². The molecule has 0 saturated carbocycles. The monoisotopic (exact) mass is 385 g/mol. The van der Waals surface area contributed by atoms with Gasteiger partial charge < -0.3 is 10.4 Å². The van der Waals surface area contributed by atoms with Crippen LogP contribution in [0.5, 0.6) is 0 Å². The Labute approximate surface area is 161 Å². The number of carboxylic acid groups (broad SMARTS) is 1. The highest BCUT2D eigenvalue weighted by Crippen LogP contribution is 2.20. The second kappa shape index (κ2) is 7.67. The molecule has 0 atom stereocenters. The van der Waals surface area contributed by atoms with E-state index < -0.39 is 5.97 Å². The van der Waals surface area contributed by atoms with Gasteiger partial charge in [0.15, 0.2) is 5.69 Å². The highest BCUT2D eigenvalue weighted by molar-refractivity contribution is 5.91. The number of carboxylic acids is 1. The lowest BCUT2D eigenvalue weighted by atomic mass is 10.3. The van der Waals surface area contributed by atoms with Gasteiger partial charge >= 0.3 is 5.97 Å². The first kappa shape index (κ1) is 19.3. The maximum absolute atomic E-state index is 12.3. The zero-order chi connectivity index (χ0) is 20.4. The number of hydrogen-bond donors (Lipinski definition) is 2. The molecule has 28 heavy (non-hydrogen) atoms. The lowest BCUT2D eigenvalue weighted by molar-refractivity contribution is -0.116. The fourth-order valence-corrected chi connectivity index (χ4v) is 2.98. The third kappa shape index (κ3) is 4.11. The van der Waals surface area contributed by atoms with Crippen molar-refractivity contribution in [2.45, 2.75) is 47.3 Å². The minimum Gasteiger partial charge on any atom is -0.476 e. The van der Waals surface area contributed by atoms with Crippen LogP contribution in [-0.2, 0) is 18.0 Å². The van der Waals surface area contributed by atoms with Crippen LogP contribution < -0.4 is 5.32 Å². The van der Waals surface area contributed by atoms with E-state index in [-0.39, 0.29) is 24.6 Å². The molecule has 3 aromatic heterocycles. The van der Waals surface area contributed by atoms with E-state index >= 15 is 0 Å². The van der Waals surface area contributed by atoms with Gasteiger partial charge in [-0.25, -0.2) is 14.2 Å². The Hall–Kier alpha value is -3.43. The molecule has 2 N–H and O–H groups in total. The molecule has 0 radical (unpaired) electrons. The standard InChI is InChI=1S/C18H23N7O3/c1-11-9-12(2)24(20-11)10-25-14(4)17(13(3)21-25)19-16(26)6-8-23-7-5-15(22-23)18(27)28/h5,7,9H,6,8,10H2,1-4H3,(H,19,26)(H,27,28). The molecule has 3 heterocycles. The summed E-state index contributed by atoms with van der Waals surface area (Å²) < 4.78 is 5.10. The van der Waals surface area contributed by atoms with E-state index in [1.165, 1.54) is 10.7 Å². The summed E-state index contributed by atoms with van der Waals surface area (Å²) in [6.07, 6.45) is 1.71. The van der Waals surface area contributed by atoms with Crippen molar-refractivity contribution in [2.75, 3.05) is 5.32 Å². The van der Waals surface area contributed by atoms with E-state index in [2.05, 4.69) is 20.6 Å². The normalized spacial score (nSPS) is 11.0. The number of carbonyl (C=O) groups excluding carboxylic acids is 1. The maximum Gasteiger partial charge on any atom is 0.356 e. The third-order valence-electron chi connectivity index (χ3n) is 4.44. The summed E-state index contributed by atoms with van der Waals surface area (Å²) in [5.74, 6) is -1.28. The maximum atomic E-state index is 12.3. The highest BCUT2D eigenvalue weighted by atomic mass is 16.4. The van der Waals surface area contributed by atoms with E-state index in [1.54, 1.807) is 10.9 Å². The van der Waals surface area contributed by atoms with E-state index in [0.717, 1.165) is 22.8 Å². The SMILES string of the molecule is Cc1cc(C)n(Cn2nc(C)c(NC(=O)CCn3ccc(C(=O)O)n3)c2C)n1. The molecule has 0 saturated heterocycles. The number of hydrogen-bond acceptors (Lipinski definition) is 5. The van der Waals surface area contributed by atoms with Gasteiger partial charge in [0, 0.05) is 24.9 Å². The summed E-state index contributed by atoms with van der Waals surface area (Å²) >= 11 is 0. The molecule has 3 rings (SSSR count). The zero-order valence-corrected chi connectivity index (χ0v) is 16.3. The number of anilines is 1. The Morgan fingerprint density at radius 1 is 1.11 bits per heavy atom. The van der Waals surface area contributed by atoms with Gasteiger partial charge in [0.25, 0.3) is 0 Å². The molecule has 10 nitrogen and oxygen atoms in total. The predicted molar refractivity (Wildman–Crippen MR) is 101 cm³/mol. The number of aromatic carboxylic acids is 1. The van der Waals surface area contributed by atoms with Gasteiger partial charge in [-0.1, -0.05) is 0 Å². The Bertz CT molecular complexity index is 1030. The molecule has 0 bridgehead atoms. The molecule has 0 aliphatic heterocycles. The summed E-state index contributed by atoms with van der Waals surface area (Å²) in [5, 5.41) is 24.6. The average Bonchev–Trinajstić information content (AvgIpc) is 3.29. The zero-order valence-electron chi connectivity index (χ0n) is 16.3. The molecular weight excluding hydrogens is 362 g/mol. The smallest absolute Gasteiger partial charge is 0.356 e. The summed E-state index contributed by atoms with van der Waals surface area (Å²) in [4.78, 5) is 23.2. The van der Waals surface area contributed by atoms with Crippen LogP contribution in [0.15, 0.2) is 18.3 Å². The number of aromatic nitrogens is 6. The van der Waals surface area contributed by atoms with Crippen molar-refractivity contribution in [3.8, 4) is 0 Å². The van der Waals surface area contributed by atoms with Gasteiger partial charge in [0.2, 0.25) is 5.91 Å². The van der Waals surface area contributed by atoms with Crippen molar-refractivity contribution in [3.05, 3.63) is 46.8 Å². The molecule has 0 aromatic carbocycles. The van der Waals surface area contributed by atoms with Crippen molar-refractivity contribution in [2.24, 2.45) is 0 Å². The molecule has 148 valence electrons. The van der Waals surface area contributed by atoms with Crippen LogP contribution in [-0.4, -0.2) is 46.3 Å². The Morgan fingerprint density at radius 3 is 2.46 bits per heavy atom. The predicted octanol–water partition coefficient (Wildman–Crippen LogP) is 1.74. The van der Waals surface area contributed by atoms with Crippen LogP contribution in [0.4, 0.5) is 5.69 Å². The second-order valence-electron chi connectivity index (χ2n) is 6.68. The van der Waals surface area contributed by atoms with Crippen molar-refractivity contribution in [3.63, 3.8) is 0 Å². The number of amides is 1. The molecule has 0 fully saturated rings. The largest absolute Gasteiger partial charge is 0.476 e. The summed E-state index contributed by atoms with van der Waals surface area (Å²) in [5.41, 5.74) is 4.17. The first-order valence-electron chi connectivity index (χ1n) is 8.86. The van der Waals surface area contributed by atoms with Crippen LogP contribution in [0.25, 0.3) is 0 Å². The van der Waals surface area contributed by atoms with Gasteiger partial charge in [0.1, 0.15) is 6.67 Å². The summed E-state index contributed by atoms with van der Waals surface area (Å²) in [7, 11) is 0. The second-order valence-corrected chi connectivity index (χ2v) is 6.68. The topological polar surface area (TPSA) is 120 Å². The Balaban J connectivity index is 1.64. The molecule has 0 spiro atoms. The van der Waals surface area contributed by atoms with Crippen molar-refractivity contribution < 1.29 is 14.7 Å². The van der Waals surface area contributed by atoms with Crippen LogP contribution >= 0.6 is 0 Å². The first-order chi connectivity index (χ1) is 13.2. The van der Waals surface area contributed by atoms with Crippen molar-refractivity contribution in [1.29, 1.82) is 0 Å². The molecule has 10 heteroatoms. The highest BCUT2D eigenvalue weighted by Gasteiger charge is 2.15. The minimum absolute atomic E-state index is 0.0440. The Kier molecular flexibility index (Phi) is 5.30. The number of aryl methyl sites for hydroxylation is 4. The van der Waals surface area contributed by atoms with E-state index in [4.69, 9.17) is 5.11 Å². The molecule has 1 amide bonds. The van der Waals surface area contributed by atoms with Crippen LogP contribution in [0.2, 0.25) is 0 Å². The fraction of sp³-hybridized carbons (Fsp3) is 0.389. The quantitative estimate of drug-likeness (QED) is 0.639. The van der Waals surface area contributed by atoms with Gasteiger partial charge in [-0.15, -0.1) is 0 Å². The van der Waals surface area contributed by atoms with Gasteiger partial charge in [-0.3, -0.25) is 9.48 Å².